The van der Waals surface area contributed by atoms with Crippen molar-refractivity contribution in [3.05, 3.63) is 48.8 Å². The van der Waals surface area contributed by atoms with Crippen molar-refractivity contribution in [2.75, 3.05) is 25.1 Å². The summed E-state index contributed by atoms with van der Waals surface area (Å²) in [5.41, 5.74) is 0.781. The lowest BCUT2D eigenvalue weighted by Crippen LogP contribution is -2.31. The van der Waals surface area contributed by atoms with Crippen LogP contribution >= 0.6 is 0 Å². The van der Waals surface area contributed by atoms with Crippen molar-refractivity contribution in [1.82, 2.24) is 9.71 Å². The molecule has 0 radical (unpaired) electrons. The van der Waals surface area contributed by atoms with Crippen LogP contribution in [0.15, 0.2) is 53.7 Å². The number of benzene rings is 1. The fourth-order valence-electron chi connectivity index (χ4n) is 2.75. The molecule has 1 N–H and O–H groups in total. The first-order valence-corrected chi connectivity index (χ1v) is 9.32. The topological polar surface area (TPSA) is 88.6 Å². The molecule has 1 fully saturated rings. The van der Waals surface area contributed by atoms with E-state index < -0.39 is 10.0 Å². The number of amides is 1. The molecule has 2 heterocycles. The molecular formula is C17H19N3O4S. The molecule has 7 nitrogen and oxygen atoms in total. The average molecular weight is 361 g/mol. The number of nitrogens with zero attached hydrogens (tertiary/aromatic N) is 2. The number of anilines is 1. The number of sulfonamides is 1. The van der Waals surface area contributed by atoms with Gasteiger partial charge in [-0.25, -0.2) is 13.1 Å². The molecular weight excluding hydrogens is 342 g/mol. The zero-order chi connectivity index (χ0) is 17.9. The third-order valence-electron chi connectivity index (χ3n) is 4.10. The van der Waals surface area contributed by atoms with Crippen LogP contribution in [0.25, 0.3) is 0 Å². The lowest BCUT2D eigenvalue weighted by molar-refractivity contribution is -0.117. The van der Waals surface area contributed by atoms with Crippen LogP contribution in [0.5, 0.6) is 5.75 Å². The van der Waals surface area contributed by atoms with Crippen LogP contribution in [0.2, 0.25) is 0 Å². The summed E-state index contributed by atoms with van der Waals surface area (Å²) in [6.07, 6.45) is 3.12. The minimum atomic E-state index is -3.62. The zero-order valence-corrected chi connectivity index (χ0v) is 14.6. The molecule has 0 unspecified atom stereocenters. The number of carbonyl (C=O) groups excluding carboxylic acids is 1. The van der Waals surface area contributed by atoms with Crippen molar-refractivity contribution >= 4 is 21.6 Å². The van der Waals surface area contributed by atoms with Crippen LogP contribution in [0.3, 0.4) is 0 Å². The lowest BCUT2D eigenvalue weighted by atomic mass is 10.1. The number of hydrogen-bond donors (Lipinski definition) is 1. The Morgan fingerprint density at radius 3 is 2.68 bits per heavy atom. The highest BCUT2D eigenvalue weighted by Crippen LogP contribution is 2.26. The monoisotopic (exact) mass is 361 g/mol. The maximum absolute atomic E-state index is 12.2. The van der Waals surface area contributed by atoms with Crippen molar-refractivity contribution in [3.63, 3.8) is 0 Å². The Morgan fingerprint density at radius 1 is 1.28 bits per heavy atom. The van der Waals surface area contributed by atoms with E-state index in [0.29, 0.717) is 13.0 Å². The van der Waals surface area contributed by atoms with Gasteiger partial charge < -0.3 is 9.64 Å². The van der Waals surface area contributed by atoms with E-state index in [-0.39, 0.29) is 23.3 Å². The first-order valence-electron chi connectivity index (χ1n) is 7.84. The van der Waals surface area contributed by atoms with Crippen molar-refractivity contribution < 1.29 is 17.9 Å². The number of methoxy groups -OCH3 is 1. The minimum absolute atomic E-state index is 0.0178. The molecule has 2 aromatic rings. The van der Waals surface area contributed by atoms with Gasteiger partial charge in [-0.3, -0.25) is 9.78 Å². The van der Waals surface area contributed by atoms with Crippen LogP contribution in [0.1, 0.15) is 6.42 Å². The van der Waals surface area contributed by atoms with Crippen molar-refractivity contribution in [3.8, 4) is 5.75 Å². The van der Waals surface area contributed by atoms with E-state index in [0.717, 1.165) is 11.4 Å². The van der Waals surface area contributed by atoms with Crippen molar-refractivity contribution in [2.24, 2.45) is 5.92 Å². The maximum Gasteiger partial charge on any atom is 0.242 e. The number of aromatic nitrogens is 1. The summed E-state index contributed by atoms with van der Waals surface area (Å²) in [7, 11) is -2.03. The van der Waals surface area contributed by atoms with Crippen LogP contribution < -0.4 is 14.4 Å². The minimum Gasteiger partial charge on any atom is -0.497 e. The Morgan fingerprint density at radius 2 is 2.04 bits per heavy atom. The SMILES string of the molecule is COc1ccc(N2C[C@H](CNS(=O)(=O)c3cccnc3)CC2=O)cc1. The molecule has 0 saturated carbocycles. The largest absolute Gasteiger partial charge is 0.497 e. The summed E-state index contributed by atoms with van der Waals surface area (Å²) >= 11 is 0. The van der Waals surface area contributed by atoms with Gasteiger partial charge in [-0.1, -0.05) is 0 Å². The van der Waals surface area contributed by atoms with E-state index in [4.69, 9.17) is 4.74 Å². The fourth-order valence-corrected chi connectivity index (χ4v) is 3.83. The molecule has 1 atom stereocenters. The quantitative estimate of drug-likeness (QED) is 0.841. The summed E-state index contributed by atoms with van der Waals surface area (Å²) in [4.78, 5) is 17.8. The molecule has 3 rings (SSSR count). The van der Waals surface area contributed by atoms with Crippen LogP contribution in [-0.4, -0.2) is 39.5 Å². The Labute approximate surface area is 146 Å². The molecule has 0 aliphatic carbocycles. The second-order valence-corrected chi connectivity index (χ2v) is 7.58. The molecule has 1 aromatic carbocycles. The van der Waals surface area contributed by atoms with E-state index in [9.17, 15) is 13.2 Å². The van der Waals surface area contributed by atoms with E-state index >= 15 is 0 Å². The van der Waals surface area contributed by atoms with Crippen molar-refractivity contribution in [2.45, 2.75) is 11.3 Å². The van der Waals surface area contributed by atoms with E-state index in [1.54, 1.807) is 30.2 Å². The highest BCUT2D eigenvalue weighted by molar-refractivity contribution is 7.89. The highest BCUT2D eigenvalue weighted by atomic mass is 32.2. The number of pyridine rings is 1. The average Bonchev–Trinajstić information content (AvgIpc) is 3.02. The molecule has 1 saturated heterocycles. The smallest absolute Gasteiger partial charge is 0.242 e. The summed E-state index contributed by atoms with van der Waals surface area (Å²) in [5.74, 6) is 0.618. The Kier molecular flexibility index (Phi) is 5.00. The third kappa shape index (κ3) is 3.97. The van der Waals surface area contributed by atoms with Gasteiger partial charge in [0.05, 0.1) is 7.11 Å². The van der Waals surface area contributed by atoms with Crippen molar-refractivity contribution in [1.29, 1.82) is 0 Å². The van der Waals surface area contributed by atoms with E-state index in [2.05, 4.69) is 9.71 Å². The number of rotatable bonds is 6. The summed E-state index contributed by atoms with van der Waals surface area (Å²) in [6.45, 7) is 0.677. The van der Waals surface area contributed by atoms with Crippen LogP contribution in [0, 0.1) is 5.92 Å². The number of carbonyl (C=O) groups is 1. The molecule has 0 spiro atoms. The summed E-state index contributed by atoms with van der Waals surface area (Å²) < 4.78 is 32.1. The Balaban J connectivity index is 1.63. The predicted octanol–water partition coefficient (Wildman–Crippen LogP) is 1.42. The van der Waals surface area contributed by atoms with Gasteiger partial charge >= 0.3 is 0 Å². The fraction of sp³-hybridized carbons (Fsp3) is 0.294. The molecule has 8 heteroatoms. The summed E-state index contributed by atoms with van der Waals surface area (Å²) in [5, 5.41) is 0. The molecule has 25 heavy (non-hydrogen) atoms. The third-order valence-corrected chi connectivity index (χ3v) is 5.50. The molecule has 1 aromatic heterocycles. The molecule has 132 valence electrons. The Hall–Kier alpha value is -2.45. The summed E-state index contributed by atoms with van der Waals surface area (Å²) in [6, 6.07) is 10.3. The van der Waals surface area contributed by atoms with Gasteiger partial charge in [0.1, 0.15) is 10.6 Å². The highest BCUT2D eigenvalue weighted by Gasteiger charge is 2.31. The molecule has 1 amide bonds. The molecule has 0 bridgehead atoms. The van der Waals surface area contributed by atoms with E-state index in [1.807, 2.05) is 12.1 Å². The number of hydrogen-bond acceptors (Lipinski definition) is 5. The number of nitrogens with one attached hydrogen (secondary N) is 1. The Bertz CT molecular complexity index is 838. The lowest BCUT2D eigenvalue weighted by Gasteiger charge is -2.17. The van der Waals surface area contributed by atoms with Gasteiger partial charge in [0, 0.05) is 37.6 Å². The molecule has 1 aliphatic rings. The van der Waals surface area contributed by atoms with Gasteiger partial charge in [-0.2, -0.15) is 0 Å². The van der Waals surface area contributed by atoms with Gasteiger partial charge in [-0.15, -0.1) is 0 Å². The first kappa shape index (κ1) is 17.4. The van der Waals surface area contributed by atoms with Gasteiger partial charge in [0.15, 0.2) is 0 Å². The first-order chi connectivity index (χ1) is 12.0. The normalized spacial score (nSPS) is 17.7. The van der Waals surface area contributed by atoms with Gasteiger partial charge in [0.2, 0.25) is 15.9 Å². The van der Waals surface area contributed by atoms with Crippen LogP contribution in [0.4, 0.5) is 5.69 Å². The van der Waals surface area contributed by atoms with Gasteiger partial charge in [0.25, 0.3) is 0 Å². The second kappa shape index (κ2) is 7.20. The predicted molar refractivity (Wildman–Crippen MR) is 92.9 cm³/mol. The maximum atomic E-state index is 12.2. The number of ether oxygens (including phenoxy) is 1. The standard InChI is InChI=1S/C17H19N3O4S/c1-24-15-6-4-14(5-7-15)20-12-13(9-17(20)21)10-19-25(22,23)16-3-2-8-18-11-16/h2-8,11,13,19H,9-10,12H2,1H3/t13-/m0/s1. The zero-order valence-electron chi connectivity index (χ0n) is 13.8. The van der Waals surface area contributed by atoms with Crippen LogP contribution in [-0.2, 0) is 14.8 Å². The van der Waals surface area contributed by atoms with Gasteiger partial charge in [-0.05, 0) is 42.3 Å². The molecule has 1 aliphatic heterocycles. The second-order valence-electron chi connectivity index (χ2n) is 5.81. The van der Waals surface area contributed by atoms with E-state index in [1.165, 1.54) is 18.5 Å².